The third kappa shape index (κ3) is 7.80. The zero-order chi connectivity index (χ0) is 11.8. The van der Waals surface area contributed by atoms with Crippen LogP contribution in [0, 0.1) is 0 Å². The standard InChI is InChI=1S/C8H15N3O3S/c1-5(12)10-4-15-3-7(8(9)14)11-6(2)13/h7H,3-4H2,1-2H3,(H2,9,14)(H,10,12)(H,11,13). The largest absolute Gasteiger partial charge is 0.368 e. The molecule has 0 aromatic rings. The van der Waals surface area contributed by atoms with Crippen LogP contribution < -0.4 is 16.4 Å². The van der Waals surface area contributed by atoms with Crippen LogP contribution in [0.1, 0.15) is 13.8 Å². The summed E-state index contributed by atoms with van der Waals surface area (Å²) >= 11 is 1.31. The number of nitrogens with one attached hydrogen (secondary N) is 2. The Morgan fingerprint density at radius 3 is 2.27 bits per heavy atom. The molecule has 7 heteroatoms. The molecule has 0 aromatic heterocycles. The van der Waals surface area contributed by atoms with Crippen molar-refractivity contribution in [2.24, 2.45) is 5.73 Å². The Morgan fingerprint density at radius 1 is 1.27 bits per heavy atom. The van der Waals surface area contributed by atoms with Crippen LogP contribution >= 0.6 is 11.8 Å². The van der Waals surface area contributed by atoms with Crippen LogP contribution in [0.15, 0.2) is 0 Å². The van der Waals surface area contributed by atoms with Gasteiger partial charge in [0.1, 0.15) is 6.04 Å². The lowest BCUT2D eigenvalue weighted by molar-refractivity contribution is -0.125. The van der Waals surface area contributed by atoms with E-state index in [1.54, 1.807) is 0 Å². The molecule has 0 fully saturated rings. The Bertz CT molecular complexity index is 258. The number of hydrogen-bond acceptors (Lipinski definition) is 4. The second kappa shape index (κ2) is 7.10. The van der Waals surface area contributed by atoms with E-state index in [9.17, 15) is 14.4 Å². The quantitative estimate of drug-likeness (QED) is 0.396. The number of thioether (sulfide) groups is 1. The van der Waals surface area contributed by atoms with Gasteiger partial charge < -0.3 is 16.4 Å². The molecule has 1 unspecified atom stereocenters. The molecule has 4 N–H and O–H groups in total. The maximum Gasteiger partial charge on any atom is 0.240 e. The molecule has 0 aliphatic rings. The van der Waals surface area contributed by atoms with Crippen LogP contribution in [0.4, 0.5) is 0 Å². The molecule has 0 heterocycles. The van der Waals surface area contributed by atoms with Crippen LogP contribution in [0.3, 0.4) is 0 Å². The van der Waals surface area contributed by atoms with Crippen molar-refractivity contribution in [1.29, 1.82) is 0 Å². The molecule has 0 aliphatic carbocycles. The fourth-order valence-corrected chi connectivity index (χ4v) is 1.68. The van der Waals surface area contributed by atoms with E-state index in [1.807, 2.05) is 0 Å². The van der Waals surface area contributed by atoms with Gasteiger partial charge >= 0.3 is 0 Å². The Labute approximate surface area is 92.3 Å². The highest BCUT2D eigenvalue weighted by molar-refractivity contribution is 7.99. The molecule has 0 saturated heterocycles. The second-order valence-electron chi connectivity index (χ2n) is 2.90. The van der Waals surface area contributed by atoms with Gasteiger partial charge in [0.2, 0.25) is 17.7 Å². The van der Waals surface area contributed by atoms with E-state index in [0.717, 1.165) is 0 Å². The molecule has 0 aliphatic heterocycles. The fourth-order valence-electron chi connectivity index (χ4n) is 0.770. The number of primary amides is 1. The van der Waals surface area contributed by atoms with Crippen molar-refractivity contribution >= 4 is 29.5 Å². The minimum absolute atomic E-state index is 0.141. The van der Waals surface area contributed by atoms with Crippen molar-refractivity contribution in [2.45, 2.75) is 19.9 Å². The molecule has 0 aromatic carbocycles. The molecular weight excluding hydrogens is 218 g/mol. The molecule has 0 radical (unpaired) electrons. The zero-order valence-electron chi connectivity index (χ0n) is 8.70. The lowest BCUT2D eigenvalue weighted by Gasteiger charge is -2.13. The number of carbonyl (C=O) groups is 3. The van der Waals surface area contributed by atoms with E-state index in [-0.39, 0.29) is 11.8 Å². The van der Waals surface area contributed by atoms with Gasteiger partial charge in [-0.2, -0.15) is 0 Å². The van der Waals surface area contributed by atoms with Gasteiger partial charge in [0.25, 0.3) is 0 Å². The van der Waals surface area contributed by atoms with Crippen molar-refractivity contribution in [3.63, 3.8) is 0 Å². The first kappa shape index (κ1) is 13.8. The summed E-state index contributed by atoms with van der Waals surface area (Å²) in [6, 6.07) is -0.693. The van der Waals surface area contributed by atoms with Gasteiger partial charge in [0, 0.05) is 19.6 Å². The van der Waals surface area contributed by atoms with E-state index in [4.69, 9.17) is 5.73 Å². The van der Waals surface area contributed by atoms with Gasteiger partial charge in [-0.05, 0) is 0 Å². The number of rotatable bonds is 6. The van der Waals surface area contributed by atoms with Gasteiger partial charge in [-0.25, -0.2) is 0 Å². The molecule has 15 heavy (non-hydrogen) atoms. The van der Waals surface area contributed by atoms with Gasteiger partial charge in [0.15, 0.2) is 0 Å². The van der Waals surface area contributed by atoms with E-state index in [1.165, 1.54) is 25.6 Å². The molecule has 0 saturated carbocycles. The van der Waals surface area contributed by atoms with Crippen LogP contribution in [0.5, 0.6) is 0 Å². The maximum absolute atomic E-state index is 10.9. The van der Waals surface area contributed by atoms with Crippen molar-refractivity contribution in [3.8, 4) is 0 Å². The smallest absolute Gasteiger partial charge is 0.240 e. The maximum atomic E-state index is 10.9. The molecule has 0 rings (SSSR count). The Kier molecular flexibility index (Phi) is 6.52. The van der Waals surface area contributed by atoms with Gasteiger partial charge in [-0.1, -0.05) is 0 Å². The number of hydrogen-bond donors (Lipinski definition) is 3. The number of carbonyl (C=O) groups excluding carboxylic acids is 3. The fraction of sp³-hybridized carbons (Fsp3) is 0.625. The third-order valence-electron chi connectivity index (χ3n) is 1.43. The molecule has 86 valence electrons. The monoisotopic (exact) mass is 233 g/mol. The number of amides is 3. The molecule has 3 amide bonds. The third-order valence-corrected chi connectivity index (χ3v) is 2.35. The van der Waals surface area contributed by atoms with Crippen molar-refractivity contribution < 1.29 is 14.4 Å². The van der Waals surface area contributed by atoms with E-state index in [2.05, 4.69) is 10.6 Å². The van der Waals surface area contributed by atoms with Crippen molar-refractivity contribution in [2.75, 3.05) is 11.6 Å². The lowest BCUT2D eigenvalue weighted by Crippen LogP contribution is -2.45. The Balaban J connectivity index is 3.81. The van der Waals surface area contributed by atoms with Gasteiger partial charge in [-0.15, -0.1) is 11.8 Å². The normalized spacial score (nSPS) is 11.6. The highest BCUT2D eigenvalue weighted by atomic mass is 32.2. The summed E-state index contributed by atoms with van der Waals surface area (Å²) in [4.78, 5) is 32.1. The predicted octanol–water partition coefficient (Wildman–Crippen LogP) is -1.20. The van der Waals surface area contributed by atoms with Crippen LogP contribution in [0.2, 0.25) is 0 Å². The lowest BCUT2D eigenvalue weighted by atomic mass is 10.3. The summed E-state index contributed by atoms with van der Waals surface area (Å²) in [7, 11) is 0. The number of nitrogens with two attached hydrogens (primary N) is 1. The first-order valence-corrected chi connectivity index (χ1v) is 5.47. The minimum Gasteiger partial charge on any atom is -0.368 e. The average molecular weight is 233 g/mol. The van der Waals surface area contributed by atoms with E-state index in [0.29, 0.717) is 11.6 Å². The SMILES string of the molecule is CC(=O)NCSCC(NC(C)=O)C(N)=O. The highest BCUT2D eigenvalue weighted by Gasteiger charge is 2.15. The van der Waals surface area contributed by atoms with E-state index >= 15 is 0 Å². The summed E-state index contributed by atoms with van der Waals surface area (Å²) in [6.07, 6.45) is 0. The summed E-state index contributed by atoms with van der Waals surface area (Å²) < 4.78 is 0. The summed E-state index contributed by atoms with van der Waals surface area (Å²) in [5.74, 6) is -0.300. The zero-order valence-corrected chi connectivity index (χ0v) is 9.52. The first-order chi connectivity index (χ1) is 6.93. The van der Waals surface area contributed by atoms with E-state index < -0.39 is 11.9 Å². The summed E-state index contributed by atoms with van der Waals surface area (Å²) in [5, 5.41) is 4.97. The Morgan fingerprint density at radius 2 is 1.87 bits per heavy atom. The van der Waals surface area contributed by atoms with Crippen molar-refractivity contribution in [1.82, 2.24) is 10.6 Å². The minimum atomic E-state index is -0.693. The molecule has 0 bridgehead atoms. The van der Waals surface area contributed by atoms with Crippen LogP contribution in [-0.2, 0) is 14.4 Å². The highest BCUT2D eigenvalue weighted by Crippen LogP contribution is 2.00. The van der Waals surface area contributed by atoms with Gasteiger partial charge in [0.05, 0.1) is 5.88 Å². The predicted molar refractivity (Wildman–Crippen MR) is 57.9 cm³/mol. The Hall–Kier alpha value is -1.24. The van der Waals surface area contributed by atoms with Crippen LogP contribution in [0.25, 0.3) is 0 Å². The molecule has 1 atom stereocenters. The summed E-state index contributed by atoms with van der Waals surface area (Å²) in [6.45, 7) is 2.72. The molecular formula is C8H15N3O3S. The first-order valence-electron chi connectivity index (χ1n) is 4.32. The average Bonchev–Trinajstić information content (AvgIpc) is 2.08. The molecule has 6 nitrogen and oxygen atoms in total. The molecule has 0 spiro atoms. The van der Waals surface area contributed by atoms with Crippen molar-refractivity contribution in [3.05, 3.63) is 0 Å². The van der Waals surface area contributed by atoms with Gasteiger partial charge in [-0.3, -0.25) is 14.4 Å². The second-order valence-corrected chi connectivity index (χ2v) is 3.93. The van der Waals surface area contributed by atoms with Crippen LogP contribution in [-0.4, -0.2) is 35.4 Å². The topological polar surface area (TPSA) is 101 Å². The summed E-state index contributed by atoms with van der Waals surface area (Å²) in [5.41, 5.74) is 5.07.